The van der Waals surface area contributed by atoms with Crippen LogP contribution in [0.4, 0.5) is 0 Å². The van der Waals surface area contributed by atoms with E-state index in [1.807, 2.05) is 0 Å². The van der Waals surface area contributed by atoms with E-state index in [4.69, 9.17) is 9.47 Å². The fourth-order valence-corrected chi connectivity index (χ4v) is 2.66. The van der Waals surface area contributed by atoms with Gasteiger partial charge in [0.25, 0.3) is 5.91 Å². The first-order valence-electron chi connectivity index (χ1n) is 6.47. The Hall–Kier alpha value is -1.49. The number of hydrogen-bond acceptors (Lipinski definition) is 6. The van der Waals surface area contributed by atoms with Gasteiger partial charge in [-0.25, -0.2) is 17.9 Å². The van der Waals surface area contributed by atoms with Crippen LogP contribution in [0.1, 0.15) is 10.4 Å². The molecule has 0 spiro atoms. The summed E-state index contributed by atoms with van der Waals surface area (Å²) in [5.41, 5.74) is 0.00557. The number of ether oxygens (including phenoxy) is 2. The van der Waals surface area contributed by atoms with E-state index in [0.717, 1.165) is 0 Å². The molecule has 128 valence electrons. The number of carbonyl (C=O) groups excluding carboxylic acids is 2. The zero-order valence-corrected chi connectivity index (χ0v) is 15.0. The van der Waals surface area contributed by atoms with Gasteiger partial charge in [0.1, 0.15) is 0 Å². The maximum atomic E-state index is 12.0. The Morgan fingerprint density at radius 2 is 2.00 bits per heavy atom. The molecule has 0 aliphatic carbocycles. The molecular weight excluding hydrogens is 392 g/mol. The van der Waals surface area contributed by atoms with E-state index in [9.17, 15) is 18.0 Å². The number of carbonyl (C=O) groups is 2. The van der Waals surface area contributed by atoms with Gasteiger partial charge in [0.05, 0.1) is 17.1 Å². The predicted octanol–water partition coefficient (Wildman–Crippen LogP) is 0.277. The molecule has 0 atom stereocenters. The van der Waals surface area contributed by atoms with Gasteiger partial charge in [-0.1, -0.05) is 0 Å². The molecule has 0 fully saturated rings. The second kappa shape index (κ2) is 8.96. The van der Waals surface area contributed by atoms with Crippen LogP contribution >= 0.6 is 15.9 Å². The lowest BCUT2D eigenvalue weighted by molar-refractivity contribution is -0.124. The number of nitrogens with one attached hydrogen (secondary N) is 2. The number of sulfonamides is 1. The summed E-state index contributed by atoms with van der Waals surface area (Å²) in [6.45, 7) is 0.166. The van der Waals surface area contributed by atoms with E-state index in [2.05, 4.69) is 26.0 Å². The van der Waals surface area contributed by atoms with Gasteiger partial charge in [0.2, 0.25) is 10.0 Å². The predicted molar refractivity (Wildman–Crippen MR) is 85.6 cm³/mol. The molecule has 0 radical (unpaired) electrons. The first-order chi connectivity index (χ1) is 10.8. The largest absolute Gasteiger partial charge is 0.452 e. The lowest BCUT2D eigenvalue weighted by Gasteiger charge is -2.09. The molecule has 0 aromatic heterocycles. The van der Waals surface area contributed by atoms with Gasteiger partial charge in [0.15, 0.2) is 6.61 Å². The van der Waals surface area contributed by atoms with Gasteiger partial charge in [-0.15, -0.1) is 0 Å². The van der Waals surface area contributed by atoms with Crippen molar-refractivity contribution in [1.29, 1.82) is 0 Å². The van der Waals surface area contributed by atoms with Gasteiger partial charge in [-0.2, -0.15) is 0 Å². The normalized spacial score (nSPS) is 11.1. The van der Waals surface area contributed by atoms with Crippen LogP contribution in [0.15, 0.2) is 27.6 Å². The minimum atomic E-state index is -3.69. The van der Waals surface area contributed by atoms with Crippen LogP contribution in [0.2, 0.25) is 0 Å². The smallest absolute Gasteiger partial charge is 0.339 e. The molecule has 8 nitrogen and oxygen atoms in total. The topological polar surface area (TPSA) is 111 Å². The van der Waals surface area contributed by atoms with Gasteiger partial charge in [-0.05, 0) is 41.2 Å². The molecule has 23 heavy (non-hydrogen) atoms. The van der Waals surface area contributed by atoms with E-state index >= 15 is 0 Å². The molecule has 0 aliphatic rings. The number of benzene rings is 1. The van der Waals surface area contributed by atoms with Gasteiger partial charge in [0, 0.05) is 18.1 Å². The van der Waals surface area contributed by atoms with Gasteiger partial charge in [-0.3, -0.25) is 4.79 Å². The number of rotatable bonds is 8. The van der Waals surface area contributed by atoms with E-state index in [1.165, 1.54) is 32.4 Å². The second-order valence-corrected chi connectivity index (χ2v) is 7.01. The molecule has 1 rings (SSSR count). The summed E-state index contributed by atoms with van der Waals surface area (Å²) in [5.74, 6) is -1.29. The quantitative estimate of drug-likeness (QED) is 0.471. The van der Waals surface area contributed by atoms with Crippen molar-refractivity contribution in [2.75, 3.05) is 33.9 Å². The first-order valence-corrected chi connectivity index (χ1v) is 8.75. The molecule has 0 bridgehead atoms. The third-order valence-corrected chi connectivity index (χ3v) is 4.80. The maximum absolute atomic E-state index is 12.0. The van der Waals surface area contributed by atoms with Gasteiger partial charge < -0.3 is 14.8 Å². The van der Waals surface area contributed by atoms with Crippen LogP contribution in [0.5, 0.6) is 0 Å². The Morgan fingerprint density at radius 3 is 2.61 bits per heavy atom. The fraction of sp³-hybridized carbons (Fsp3) is 0.385. The van der Waals surface area contributed by atoms with Crippen LogP contribution in [0.3, 0.4) is 0 Å². The van der Waals surface area contributed by atoms with Crippen molar-refractivity contribution in [3.63, 3.8) is 0 Å². The third-order valence-electron chi connectivity index (χ3n) is 2.70. The highest BCUT2D eigenvalue weighted by Gasteiger charge is 2.18. The SMILES string of the molecule is CNS(=O)(=O)c1ccc(Br)c(C(=O)OCC(=O)NCCOC)c1. The summed E-state index contributed by atoms with van der Waals surface area (Å²) in [5, 5.41) is 2.49. The highest BCUT2D eigenvalue weighted by atomic mass is 79.9. The molecule has 1 aromatic rings. The molecular formula is C13H17BrN2O6S. The van der Waals surface area contributed by atoms with E-state index in [-0.39, 0.29) is 10.5 Å². The number of halogens is 1. The second-order valence-electron chi connectivity index (χ2n) is 4.27. The van der Waals surface area contributed by atoms with E-state index in [0.29, 0.717) is 17.6 Å². The first kappa shape index (κ1) is 19.6. The number of methoxy groups -OCH3 is 1. The monoisotopic (exact) mass is 408 g/mol. The minimum absolute atomic E-state index is 0.00557. The highest BCUT2D eigenvalue weighted by molar-refractivity contribution is 9.10. The van der Waals surface area contributed by atoms with Crippen LogP contribution in [0, 0.1) is 0 Å². The van der Waals surface area contributed by atoms with Crippen molar-refractivity contribution >= 4 is 37.8 Å². The molecule has 1 amide bonds. The molecule has 0 saturated heterocycles. The maximum Gasteiger partial charge on any atom is 0.339 e. The van der Waals surface area contributed by atoms with Crippen LogP contribution in [0.25, 0.3) is 0 Å². The van der Waals surface area contributed by atoms with Crippen molar-refractivity contribution in [3.8, 4) is 0 Å². The summed E-state index contributed by atoms with van der Waals surface area (Å²) in [6, 6.07) is 3.92. The zero-order valence-electron chi connectivity index (χ0n) is 12.6. The molecule has 0 aliphatic heterocycles. The Balaban J connectivity index is 2.76. The Bertz CT molecular complexity index is 677. The number of hydrogen-bond donors (Lipinski definition) is 2. The molecule has 0 heterocycles. The molecule has 0 unspecified atom stereocenters. The Kier molecular flexibility index (Phi) is 7.62. The Morgan fingerprint density at radius 1 is 1.30 bits per heavy atom. The Labute approximate surface area is 142 Å². The lowest BCUT2D eigenvalue weighted by Crippen LogP contribution is -2.31. The molecule has 10 heteroatoms. The van der Waals surface area contributed by atoms with Crippen molar-refractivity contribution in [2.45, 2.75) is 4.90 Å². The van der Waals surface area contributed by atoms with Crippen molar-refractivity contribution < 1.29 is 27.5 Å². The lowest BCUT2D eigenvalue weighted by atomic mass is 10.2. The van der Waals surface area contributed by atoms with Crippen LogP contribution in [-0.4, -0.2) is 54.2 Å². The minimum Gasteiger partial charge on any atom is -0.452 e. The summed E-state index contributed by atoms with van der Waals surface area (Å²) < 4.78 is 35.6. The van der Waals surface area contributed by atoms with Crippen LogP contribution in [-0.2, 0) is 24.3 Å². The van der Waals surface area contributed by atoms with E-state index < -0.39 is 28.5 Å². The zero-order chi connectivity index (χ0) is 17.5. The number of amides is 1. The average molecular weight is 409 g/mol. The fourth-order valence-electron chi connectivity index (χ4n) is 1.50. The molecule has 0 saturated carbocycles. The van der Waals surface area contributed by atoms with Gasteiger partial charge >= 0.3 is 5.97 Å². The van der Waals surface area contributed by atoms with Crippen molar-refractivity contribution in [3.05, 3.63) is 28.2 Å². The summed E-state index contributed by atoms with van der Waals surface area (Å²) in [4.78, 5) is 23.4. The summed E-state index contributed by atoms with van der Waals surface area (Å²) in [7, 11) is -0.929. The molecule has 2 N–H and O–H groups in total. The molecule has 1 aromatic carbocycles. The highest BCUT2D eigenvalue weighted by Crippen LogP contribution is 2.21. The van der Waals surface area contributed by atoms with Crippen molar-refractivity contribution in [2.24, 2.45) is 0 Å². The summed E-state index contributed by atoms with van der Waals surface area (Å²) >= 11 is 3.14. The van der Waals surface area contributed by atoms with Crippen molar-refractivity contribution in [1.82, 2.24) is 10.0 Å². The standard InChI is InChI=1S/C13H17BrN2O6S/c1-15-23(19,20)9-3-4-11(14)10(7-9)13(18)22-8-12(17)16-5-6-21-2/h3-4,7,15H,5-6,8H2,1-2H3,(H,16,17). The van der Waals surface area contributed by atoms with Crippen LogP contribution < -0.4 is 10.0 Å². The van der Waals surface area contributed by atoms with E-state index in [1.54, 1.807) is 0 Å². The number of esters is 1. The average Bonchev–Trinajstić information content (AvgIpc) is 2.53. The summed E-state index contributed by atoms with van der Waals surface area (Å²) in [6.07, 6.45) is 0. The third kappa shape index (κ3) is 5.90.